The Morgan fingerprint density at radius 1 is 0.467 bits per heavy atom. The van der Waals surface area contributed by atoms with Crippen LogP contribution in [0.4, 0.5) is 17.1 Å². The van der Waals surface area contributed by atoms with Crippen molar-refractivity contribution in [3.63, 3.8) is 0 Å². The minimum Gasteiger partial charge on any atom is -0.455 e. The summed E-state index contributed by atoms with van der Waals surface area (Å²) < 4.78 is 6.63. The van der Waals surface area contributed by atoms with Crippen LogP contribution in [0.1, 0.15) is 25.0 Å². The number of furan rings is 1. The monoisotopic (exact) mass is 577 g/mol. The number of nitrogens with zero attached hydrogens (tertiary/aromatic N) is 1. The average Bonchev–Trinajstić information content (AvgIpc) is 3.58. The second-order valence-corrected chi connectivity index (χ2v) is 12.6. The molecule has 1 aliphatic carbocycles. The second kappa shape index (κ2) is 9.70. The molecule has 0 amide bonds. The van der Waals surface area contributed by atoms with E-state index < -0.39 is 0 Å². The molecular weight excluding hydrogens is 546 g/mol. The third kappa shape index (κ3) is 3.96. The van der Waals surface area contributed by atoms with Crippen LogP contribution in [0.2, 0.25) is 0 Å². The van der Waals surface area contributed by atoms with Crippen molar-refractivity contribution in [2.45, 2.75) is 19.3 Å². The molecule has 45 heavy (non-hydrogen) atoms. The molecule has 2 nitrogen and oxygen atoms in total. The van der Waals surface area contributed by atoms with E-state index in [1.807, 2.05) is 0 Å². The lowest BCUT2D eigenvalue weighted by Crippen LogP contribution is -2.16. The molecule has 1 aromatic heterocycles. The highest BCUT2D eigenvalue weighted by Crippen LogP contribution is 2.51. The van der Waals surface area contributed by atoms with Gasteiger partial charge < -0.3 is 9.32 Å². The molecule has 1 heterocycles. The van der Waals surface area contributed by atoms with Gasteiger partial charge in [0.25, 0.3) is 0 Å². The van der Waals surface area contributed by atoms with Gasteiger partial charge in [-0.05, 0) is 81.2 Å². The van der Waals surface area contributed by atoms with E-state index >= 15 is 0 Å². The molecule has 0 bridgehead atoms. The van der Waals surface area contributed by atoms with Crippen LogP contribution >= 0.6 is 0 Å². The fourth-order valence-corrected chi connectivity index (χ4v) is 7.34. The van der Waals surface area contributed by atoms with Crippen molar-refractivity contribution in [1.82, 2.24) is 0 Å². The van der Waals surface area contributed by atoms with Crippen LogP contribution in [-0.2, 0) is 5.41 Å². The minimum atomic E-state index is -0.0888. The maximum Gasteiger partial charge on any atom is 0.143 e. The zero-order chi connectivity index (χ0) is 30.1. The van der Waals surface area contributed by atoms with E-state index in [-0.39, 0.29) is 5.41 Å². The van der Waals surface area contributed by atoms with Crippen molar-refractivity contribution in [2.75, 3.05) is 4.90 Å². The topological polar surface area (TPSA) is 16.4 Å². The van der Waals surface area contributed by atoms with Gasteiger partial charge in [-0.25, -0.2) is 0 Å². The largest absolute Gasteiger partial charge is 0.455 e. The van der Waals surface area contributed by atoms with Crippen molar-refractivity contribution >= 4 is 49.8 Å². The van der Waals surface area contributed by atoms with Crippen molar-refractivity contribution in [2.24, 2.45) is 0 Å². The molecule has 214 valence electrons. The van der Waals surface area contributed by atoms with Gasteiger partial charge in [-0.2, -0.15) is 0 Å². The standard InChI is InChI=1S/C43H31NO/c1-43(2)39-15-9-8-14-35(39)36-24-21-32(26-40(36)43)44(31-19-16-29(17-20-31)28-10-4-3-5-11-28)33-22-25-37-38-23-18-30-12-6-7-13-34(30)42(38)45-41(37)27-33/h3-27H,1-2H3. The minimum absolute atomic E-state index is 0.0888. The predicted molar refractivity (Wildman–Crippen MR) is 189 cm³/mol. The molecule has 0 N–H and O–H groups in total. The Bertz CT molecular complexity index is 2400. The smallest absolute Gasteiger partial charge is 0.143 e. The number of hydrogen-bond acceptors (Lipinski definition) is 2. The Kier molecular flexibility index (Phi) is 5.58. The van der Waals surface area contributed by atoms with Gasteiger partial charge in [0.15, 0.2) is 0 Å². The van der Waals surface area contributed by atoms with Crippen LogP contribution in [0, 0.1) is 0 Å². The van der Waals surface area contributed by atoms with Crippen molar-refractivity contribution in [3.8, 4) is 22.3 Å². The molecule has 2 heteroatoms. The lowest BCUT2D eigenvalue weighted by molar-refractivity contribution is 0.660. The molecule has 0 atom stereocenters. The maximum absolute atomic E-state index is 6.63. The van der Waals surface area contributed by atoms with Crippen LogP contribution in [-0.4, -0.2) is 0 Å². The molecule has 1 aliphatic rings. The molecule has 0 aliphatic heterocycles. The van der Waals surface area contributed by atoms with Gasteiger partial charge in [0, 0.05) is 44.7 Å². The summed E-state index contributed by atoms with van der Waals surface area (Å²) in [5, 5.41) is 4.60. The SMILES string of the molecule is CC1(C)c2ccccc2-c2ccc(N(c3ccc(-c4ccccc4)cc3)c3ccc4c(c3)oc3c5ccccc5ccc43)cc21. The first-order chi connectivity index (χ1) is 22.1. The maximum atomic E-state index is 6.63. The summed E-state index contributed by atoms with van der Waals surface area (Å²) in [4.78, 5) is 2.36. The fraction of sp³-hybridized carbons (Fsp3) is 0.0698. The summed E-state index contributed by atoms with van der Waals surface area (Å²) >= 11 is 0. The average molecular weight is 578 g/mol. The van der Waals surface area contributed by atoms with Crippen molar-refractivity contribution in [3.05, 3.63) is 163 Å². The Morgan fingerprint density at radius 3 is 1.98 bits per heavy atom. The molecule has 0 saturated heterocycles. The summed E-state index contributed by atoms with van der Waals surface area (Å²) in [6.45, 7) is 4.68. The molecule has 0 radical (unpaired) electrons. The first-order valence-electron chi connectivity index (χ1n) is 15.6. The Hall–Kier alpha value is -5.60. The normalized spacial score (nSPS) is 13.3. The number of fused-ring (bicyclic) bond motifs is 8. The van der Waals surface area contributed by atoms with Gasteiger partial charge >= 0.3 is 0 Å². The Labute approximate surface area is 262 Å². The number of anilines is 3. The highest BCUT2D eigenvalue weighted by Gasteiger charge is 2.35. The molecule has 0 unspecified atom stereocenters. The highest BCUT2D eigenvalue weighted by molar-refractivity contribution is 6.15. The zero-order valence-electron chi connectivity index (χ0n) is 25.3. The molecule has 0 saturated carbocycles. The zero-order valence-corrected chi connectivity index (χ0v) is 25.3. The summed E-state index contributed by atoms with van der Waals surface area (Å²) in [5.74, 6) is 0. The predicted octanol–water partition coefficient (Wildman–Crippen LogP) is 12.2. The van der Waals surface area contributed by atoms with Crippen molar-refractivity contribution in [1.29, 1.82) is 0 Å². The van der Waals surface area contributed by atoms with Crippen LogP contribution in [0.25, 0.3) is 55.0 Å². The molecule has 7 aromatic carbocycles. The number of rotatable bonds is 4. The van der Waals surface area contributed by atoms with Gasteiger partial charge in [0.1, 0.15) is 11.2 Å². The van der Waals surface area contributed by atoms with Gasteiger partial charge in [-0.3, -0.25) is 0 Å². The van der Waals surface area contributed by atoms with Crippen molar-refractivity contribution < 1.29 is 4.42 Å². The van der Waals surface area contributed by atoms with E-state index in [1.54, 1.807) is 0 Å². The third-order valence-electron chi connectivity index (χ3n) is 9.66. The van der Waals surface area contributed by atoms with Gasteiger partial charge in [0.2, 0.25) is 0 Å². The van der Waals surface area contributed by atoms with Gasteiger partial charge in [0.05, 0.1) is 0 Å². The summed E-state index contributed by atoms with van der Waals surface area (Å²) in [6.07, 6.45) is 0. The molecule has 0 spiro atoms. The van der Waals surface area contributed by atoms with E-state index in [0.717, 1.165) is 44.4 Å². The van der Waals surface area contributed by atoms with E-state index in [9.17, 15) is 0 Å². The summed E-state index contributed by atoms with van der Waals surface area (Å²) in [5.41, 5.74) is 12.8. The Morgan fingerprint density at radius 2 is 1.11 bits per heavy atom. The number of benzene rings is 7. The Balaban J connectivity index is 1.23. The lowest BCUT2D eigenvalue weighted by atomic mass is 9.82. The highest BCUT2D eigenvalue weighted by atomic mass is 16.3. The lowest BCUT2D eigenvalue weighted by Gasteiger charge is -2.28. The summed E-state index contributed by atoms with van der Waals surface area (Å²) in [6, 6.07) is 54.7. The van der Waals surface area contributed by atoms with E-state index in [4.69, 9.17) is 4.42 Å². The first kappa shape index (κ1) is 25.9. The van der Waals surface area contributed by atoms with Crippen LogP contribution in [0.15, 0.2) is 156 Å². The van der Waals surface area contributed by atoms with E-state index in [0.29, 0.717) is 0 Å². The fourth-order valence-electron chi connectivity index (χ4n) is 7.34. The van der Waals surface area contributed by atoms with Crippen LogP contribution in [0.5, 0.6) is 0 Å². The van der Waals surface area contributed by atoms with Crippen LogP contribution < -0.4 is 4.90 Å². The first-order valence-corrected chi connectivity index (χ1v) is 15.6. The molecule has 9 rings (SSSR count). The van der Waals surface area contributed by atoms with Crippen LogP contribution in [0.3, 0.4) is 0 Å². The molecule has 8 aromatic rings. The van der Waals surface area contributed by atoms with Gasteiger partial charge in [-0.1, -0.05) is 117 Å². The molecular formula is C43H31NO. The van der Waals surface area contributed by atoms with E-state index in [1.165, 1.54) is 38.8 Å². The van der Waals surface area contributed by atoms with E-state index in [2.05, 4.69) is 170 Å². The third-order valence-corrected chi connectivity index (χ3v) is 9.66. The second-order valence-electron chi connectivity index (χ2n) is 12.6. The quantitative estimate of drug-likeness (QED) is 0.207. The number of hydrogen-bond donors (Lipinski definition) is 0. The molecule has 0 fully saturated rings. The van der Waals surface area contributed by atoms with Gasteiger partial charge in [-0.15, -0.1) is 0 Å². The summed E-state index contributed by atoms with van der Waals surface area (Å²) in [7, 11) is 0.